The molecule has 0 saturated carbocycles. The third-order valence-electron chi connectivity index (χ3n) is 6.02. The Bertz CT molecular complexity index is 1420. The summed E-state index contributed by atoms with van der Waals surface area (Å²) in [5, 5.41) is 0. The monoisotopic (exact) mass is 454 g/mol. The van der Waals surface area contributed by atoms with Crippen molar-refractivity contribution < 1.29 is 14.2 Å². The third kappa shape index (κ3) is 4.39. The van der Waals surface area contributed by atoms with Crippen LogP contribution in [-0.2, 0) is 19.6 Å². The Morgan fingerprint density at radius 1 is 0.971 bits per heavy atom. The van der Waals surface area contributed by atoms with E-state index in [4.69, 9.17) is 14.2 Å². The summed E-state index contributed by atoms with van der Waals surface area (Å²) in [5.74, 6) is 2.73. The summed E-state index contributed by atoms with van der Waals surface area (Å²) in [6.45, 7) is 4.93. The van der Waals surface area contributed by atoms with Gasteiger partial charge in [-0.3, -0.25) is 4.57 Å². The van der Waals surface area contributed by atoms with Gasteiger partial charge in [-0.1, -0.05) is 18.2 Å². The number of methoxy groups -OCH3 is 1. The Hall–Kier alpha value is -4.06. The lowest BCUT2D eigenvalue weighted by molar-refractivity contribution is 0.291. The van der Waals surface area contributed by atoms with Crippen LogP contribution in [-0.4, -0.2) is 16.7 Å². The molecule has 1 aromatic heterocycles. The largest absolute Gasteiger partial charge is 0.497 e. The van der Waals surface area contributed by atoms with Gasteiger partial charge in [-0.25, -0.2) is 4.79 Å². The molecule has 0 aliphatic carbocycles. The highest BCUT2D eigenvalue weighted by atomic mass is 16.5. The van der Waals surface area contributed by atoms with Gasteiger partial charge in [0.15, 0.2) is 0 Å². The quantitative estimate of drug-likeness (QED) is 0.387. The molecule has 0 N–H and O–H groups in total. The molecule has 0 radical (unpaired) electrons. The zero-order valence-corrected chi connectivity index (χ0v) is 19.5. The number of aryl methyl sites for hydroxylation is 3. The first-order valence-electron chi connectivity index (χ1n) is 11.3. The molecule has 0 unspecified atom stereocenters. The van der Waals surface area contributed by atoms with E-state index in [2.05, 4.69) is 4.98 Å². The molecule has 34 heavy (non-hydrogen) atoms. The second-order valence-electron chi connectivity index (χ2n) is 8.49. The zero-order valence-electron chi connectivity index (χ0n) is 19.5. The lowest BCUT2D eigenvalue weighted by Gasteiger charge is -2.22. The molecule has 5 rings (SSSR count). The number of benzene rings is 3. The standard InChI is InChI=1S/C28H26N2O4/c1-18-5-4-6-23(13-18)34-26-10-7-20(14-19(26)2)17-33-27-16-25-24-9-8-22(32-3)15-21(24)11-12-30(25)28(31)29-27/h4-10,13-16H,11-12,17H2,1-3H3. The molecule has 172 valence electrons. The minimum atomic E-state index is -0.299. The maximum absolute atomic E-state index is 12.7. The van der Waals surface area contributed by atoms with E-state index in [1.165, 1.54) is 0 Å². The van der Waals surface area contributed by atoms with Gasteiger partial charge in [0.1, 0.15) is 23.9 Å². The van der Waals surface area contributed by atoms with Crippen molar-refractivity contribution in [1.82, 2.24) is 9.55 Å². The fourth-order valence-corrected chi connectivity index (χ4v) is 4.26. The summed E-state index contributed by atoms with van der Waals surface area (Å²) in [6, 6.07) is 21.6. The Morgan fingerprint density at radius 3 is 2.65 bits per heavy atom. The van der Waals surface area contributed by atoms with Crippen LogP contribution in [0.2, 0.25) is 0 Å². The molecule has 6 heteroatoms. The van der Waals surface area contributed by atoms with Crippen molar-refractivity contribution >= 4 is 0 Å². The summed E-state index contributed by atoms with van der Waals surface area (Å²) in [4.78, 5) is 16.8. The maximum atomic E-state index is 12.7. The zero-order chi connectivity index (χ0) is 23.7. The number of hydrogen-bond donors (Lipinski definition) is 0. The second-order valence-corrected chi connectivity index (χ2v) is 8.49. The van der Waals surface area contributed by atoms with Crippen LogP contribution in [0.3, 0.4) is 0 Å². The van der Waals surface area contributed by atoms with Gasteiger partial charge in [0.05, 0.1) is 12.8 Å². The van der Waals surface area contributed by atoms with E-state index >= 15 is 0 Å². The van der Waals surface area contributed by atoms with Crippen LogP contribution in [0.1, 0.15) is 22.3 Å². The molecule has 0 atom stereocenters. The van der Waals surface area contributed by atoms with Crippen molar-refractivity contribution in [1.29, 1.82) is 0 Å². The Balaban J connectivity index is 1.34. The highest BCUT2D eigenvalue weighted by Gasteiger charge is 2.19. The van der Waals surface area contributed by atoms with E-state index < -0.39 is 0 Å². The number of hydrogen-bond acceptors (Lipinski definition) is 5. The topological polar surface area (TPSA) is 62.6 Å². The van der Waals surface area contributed by atoms with Gasteiger partial charge in [0.2, 0.25) is 5.88 Å². The lowest BCUT2D eigenvalue weighted by Crippen LogP contribution is -2.28. The number of nitrogens with zero attached hydrogens (tertiary/aromatic N) is 2. The molecule has 6 nitrogen and oxygen atoms in total. The molecule has 0 spiro atoms. The van der Waals surface area contributed by atoms with Gasteiger partial charge < -0.3 is 14.2 Å². The van der Waals surface area contributed by atoms with Crippen molar-refractivity contribution in [2.75, 3.05) is 7.11 Å². The molecule has 0 fully saturated rings. The van der Waals surface area contributed by atoms with Crippen molar-refractivity contribution in [3.63, 3.8) is 0 Å². The smallest absolute Gasteiger partial charge is 0.351 e. The second kappa shape index (κ2) is 9.06. The summed E-state index contributed by atoms with van der Waals surface area (Å²) >= 11 is 0. The molecular weight excluding hydrogens is 428 g/mol. The molecule has 1 aliphatic rings. The van der Waals surface area contributed by atoms with Crippen molar-refractivity contribution in [3.05, 3.63) is 99.5 Å². The predicted molar refractivity (Wildman–Crippen MR) is 131 cm³/mol. The van der Waals surface area contributed by atoms with Gasteiger partial charge in [-0.2, -0.15) is 4.98 Å². The molecule has 3 aromatic carbocycles. The minimum absolute atomic E-state index is 0.299. The normalized spacial score (nSPS) is 12.0. The van der Waals surface area contributed by atoms with Crippen LogP contribution in [0.4, 0.5) is 0 Å². The predicted octanol–water partition coefficient (Wildman–Crippen LogP) is 5.46. The molecule has 0 saturated heterocycles. The fourth-order valence-electron chi connectivity index (χ4n) is 4.26. The van der Waals surface area contributed by atoms with Crippen molar-refractivity contribution in [2.24, 2.45) is 0 Å². The average Bonchev–Trinajstić information content (AvgIpc) is 2.84. The molecule has 0 bridgehead atoms. The van der Waals surface area contributed by atoms with Gasteiger partial charge in [0, 0.05) is 18.2 Å². The van der Waals surface area contributed by atoms with E-state index in [0.717, 1.165) is 57.2 Å². The van der Waals surface area contributed by atoms with Gasteiger partial charge in [0.25, 0.3) is 0 Å². The fraction of sp³-hybridized carbons (Fsp3) is 0.214. The summed E-state index contributed by atoms with van der Waals surface area (Å²) in [5.41, 5.74) is 5.79. The average molecular weight is 455 g/mol. The first-order chi connectivity index (χ1) is 16.5. The molecule has 1 aliphatic heterocycles. The van der Waals surface area contributed by atoms with Crippen LogP contribution in [0.15, 0.2) is 71.5 Å². The number of fused-ring (bicyclic) bond motifs is 3. The van der Waals surface area contributed by atoms with Crippen LogP contribution in [0.25, 0.3) is 11.3 Å². The highest BCUT2D eigenvalue weighted by molar-refractivity contribution is 5.67. The first kappa shape index (κ1) is 21.8. The Labute approximate surface area is 198 Å². The van der Waals surface area contributed by atoms with Gasteiger partial charge in [-0.15, -0.1) is 0 Å². The lowest BCUT2D eigenvalue weighted by atomic mass is 9.97. The molecule has 4 aromatic rings. The number of aromatic nitrogens is 2. The van der Waals surface area contributed by atoms with Crippen molar-refractivity contribution in [3.8, 4) is 34.4 Å². The summed E-state index contributed by atoms with van der Waals surface area (Å²) < 4.78 is 19.0. The summed E-state index contributed by atoms with van der Waals surface area (Å²) in [7, 11) is 1.65. The Kier molecular flexibility index (Phi) is 5.80. The molecular formula is C28H26N2O4. The van der Waals surface area contributed by atoms with Crippen molar-refractivity contribution in [2.45, 2.75) is 33.4 Å². The Morgan fingerprint density at radius 2 is 1.85 bits per heavy atom. The van der Waals surface area contributed by atoms with E-state index in [1.807, 2.05) is 80.6 Å². The maximum Gasteiger partial charge on any atom is 0.351 e. The summed E-state index contributed by atoms with van der Waals surface area (Å²) in [6.07, 6.45) is 0.761. The van der Waals surface area contributed by atoms with E-state index in [-0.39, 0.29) is 5.69 Å². The number of ether oxygens (including phenoxy) is 3. The van der Waals surface area contributed by atoms with Crippen LogP contribution in [0.5, 0.6) is 23.1 Å². The van der Waals surface area contributed by atoms with Gasteiger partial charge >= 0.3 is 5.69 Å². The highest BCUT2D eigenvalue weighted by Crippen LogP contribution is 2.32. The first-order valence-corrected chi connectivity index (χ1v) is 11.3. The van der Waals surface area contributed by atoms with Gasteiger partial charge in [-0.05, 0) is 85.0 Å². The third-order valence-corrected chi connectivity index (χ3v) is 6.02. The van der Waals surface area contributed by atoms with Crippen LogP contribution < -0.4 is 19.9 Å². The van der Waals surface area contributed by atoms with E-state index in [9.17, 15) is 4.79 Å². The molecule has 0 amide bonds. The van der Waals surface area contributed by atoms with E-state index in [0.29, 0.717) is 19.0 Å². The molecule has 2 heterocycles. The number of rotatable bonds is 6. The minimum Gasteiger partial charge on any atom is -0.497 e. The van der Waals surface area contributed by atoms with Crippen LogP contribution in [0, 0.1) is 13.8 Å². The van der Waals surface area contributed by atoms with E-state index in [1.54, 1.807) is 11.7 Å². The SMILES string of the molecule is COc1ccc2c(c1)CCn1c-2cc(OCc2ccc(Oc3cccc(C)c3)c(C)c2)nc1=O. The van der Waals surface area contributed by atoms with Crippen LogP contribution >= 0.6 is 0 Å².